The minimum atomic E-state index is 0.186. The number of hydrogen-bond donors (Lipinski definition) is 1. The first-order valence-electron chi connectivity index (χ1n) is 6.26. The summed E-state index contributed by atoms with van der Waals surface area (Å²) < 4.78 is 0. The second-order valence-corrected chi connectivity index (χ2v) is 4.68. The molecule has 0 bridgehead atoms. The summed E-state index contributed by atoms with van der Waals surface area (Å²) in [5, 5.41) is 2.94. The Morgan fingerprint density at radius 2 is 1.88 bits per heavy atom. The van der Waals surface area contributed by atoms with E-state index < -0.39 is 0 Å². The van der Waals surface area contributed by atoms with Gasteiger partial charge in [0.2, 0.25) is 5.91 Å². The highest BCUT2D eigenvalue weighted by Crippen LogP contribution is 2.24. The van der Waals surface area contributed by atoms with Crippen molar-refractivity contribution in [1.82, 2.24) is 5.32 Å². The van der Waals surface area contributed by atoms with Gasteiger partial charge in [-0.05, 0) is 31.4 Å². The van der Waals surface area contributed by atoms with Crippen LogP contribution in [0, 0.1) is 13.8 Å². The average molecular weight is 232 g/mol. The van der Waals surface area contributed by atoms with Crippen LogP contribution in [0.4, 0.5) is 5.69 Å². The van der Waals surface area contributed by atoms with E-state index in [0.29, 0.717) is 6.42 Å². The highest BCUT2D eigenvalue weighted by Gasteiger charge is 2.14. The number of benzene rings is 1. The fourth-order valence-corrected chi connectivity index (χ4v) is 2.49. The molecule has 0 radical (unpaired) electrons. The molecule has 92 valence electrons. The van der Waals surface area contributed by atoms with Crippen molar-refractivity contribution in [1.29, 1.82) is 0 Å². The zero-order valence-electron chi connectivity index (χ0n) is 10.6. The maximum absolute atomic E-state index is 11.3. The summed E-state index contributed by atoms with van der Waals surface area (Å²) in [4.78, 5) is 13.7. The van der Waals surface area contributed by atoms with Crippen LogP contribution in [0.5, 0.6) is 0 Å². The first kappa shape index (κ1) is 12.0. The summed E-state index contributed by atoms with van der Waals surface area (Å²) in [6.45, 7) is 6.92. The molecule has 0 saturated carbocycles. The third-order valence-electron chi connectivity index (χ3n) is 3.29. The Morgan fingerprint density at radius 1 is 1.18 bits per heavy atom. The van der Waals surface area contributed by atoms with Crippen LogP contribution in [0.1, 0.15) is 24.0 Å². The molecule has 1 N–H and O–H groups in total. The maximum atomic E-state index is 11.3. The van der Waals surface area contributed by atoms with Crippen molar-refractivity contribution in [2.75, 3.05) is 24.5 Å². The van der Waals surface area contributed by atoms with E-state index in [2.05, 4.69) is 42.3 Å². The minimum absolute atomic E-state index is 0.186. The summed E-state index contributed by atoms with van der Waals surface area (Å²) in [5.41, 5.74) is 3.97. The molecule has 0 unspecified atom stereocenters. The highest BCUT2D eigenvalue weighted by molar-refractivity contribution is 5.76. The average Bonchev–Trinajstić information content (AvgIpc) is 2.25. The molecule has 0 atom stereocenters. The van der Waals surface area contributed by atoms with Gasteiger partial charge in [0.25, 0.3) is 0 Å². The lowest BCUT2D eigenvalue weighted by atomic mass is 10.1. The smallest absolute Gasteiger partial charge is 0.220 e. The van der Waals surface area contributed by atoms with Gasteiger partial charge in [0.15, 0.2) is 0 Å². The molecule has 0 aliphatic carbocycles. The number of anilines is 1. The lowest BCUT2D eigenvalue weighted by Gasteiger charge is -2.29. The van der Waals surface area contributed by atoms with Crippen LogP contribution < -0.4 is 10.2 Å². The summed E-state index contributed by atoms with van der Waals surface area (Å²) in [6, 6.07) is 6.40. The van der Waals surface area contributed by atoms with Crippen LogP contribution in [0.15, 0.2) is 18.2 Å². The highest BCUT2D eigenvalue weighted by atomic mass is 16.1. The van der Waals surface area contributed by atoms with E-state index in [1.54, 1.807) is 0 Å². The third kappa shape index (κ3) is 2.78. The van der Waals surface area contributed by atoms with Crippen molar-refractivity contribution in [3.8, 4) is 0 Å². The number of hydrogen-bond acceptors (Lipinski definition) is 2. The second kappa shape index (κ2) is 5.21. The monoisotopic (exact) mass is 232 g/mol. The normalized spacial score (nSPS) is 17.3. The van der Waals surface area contributed by atoms with Gasteiger partial charge in [-0.1, -0.05) is 18.2 Å². The first-order valence-corrected chi connectivity index (χ1v) is 6.26. The van der Waals surface area contributed by atoms with Crippen molar-refractivity contribution in [3.05, 3.63) is 29.3 Å². The molecule has 1 heterocycles. The van der Waals surface area contributed by atoms with E-state index in [1.807, 2.05) is 0 Å². The number of aryl methyl sites for hydroxylation is 2. The quantitative estimate of drug-likeness (QED) is 0.803. The number of para-hydroxylation sites is 1. The molecule has 2 rings (SSSR count). The summed E-state index contributed by atoms with van der Waals surface area (Å²) in [5.74, 6) is 0.186. The zero-order valence-corrected chi connectivity index (χ0v) is 10.6. The van der Waals surface area contributed by atoms with Crippen LogP contribution in [0.25, 0.3) is 0 Å². The SMILES string of the molecule is Cc1cccc(C)c1N1CCCC(=O)NCC1. The second-order valence-electron chi connectivity index (χ2n) is 4.68. The van der Waals surface area contributed by atoms with Gasteiger partial charge in [-0.2, -0.15) is 0 Å². The van der Waals surface area contributed by atoms with E-state index >= 15 is 0 Å². The third-order valence-corrected chi connectivity index (χ3v) is 3.29. The van der Waals surface area contributed by atoms with E-state index in [0.717, 1.165) is 26.1 Å². The van der Waals surface area contributed by atoms with Crippen molar-refractivity contribution < 1.29 is 4.79 Å². The van der Waals surface area contributed by atoms with Crippen molar-refractivity contribution in [3.63, 3.8) is 0 Å². The number of nitrogens with zero attached hydrogens (tertiary/aromatic N) is 1. The topological polar surface area (TPSA) is 32.3 Å². The van der Waals surface area contributed by atoms with Gasteiger partial charge in [0.05, 0.1) is 0 Å². The van der Waals surface area contributed by atoms with Crippen LogP contribution in [0.2, 0.25) is 0 Å². The lowest BCUT2D eigenvalue weighted by molar-refractivity contribution is -0.121. The van der Waals surface area contributed by atoms with Crippen LogP contribution in [-0.2, 0) is 4.79 Å². The zero-order chi connectivity index (χ0) is 12.3. The van der Waals surface area contributed by atoms with Gasteiger partial charge in [0.1, 0.15) is 0 Å². The van der Waals surface area contributed by atoms with Crippen molar-refractivity contribution >= 4 is 11.6 Å². The van der Waals surface area contributed by atoms with Gasteiger partial charge in [-0.3, -0.25) is 4.79 Å². The molecule has 1 saturated heterocycles. The maximum Gasteiger partial charge on any atom is 0.220 e. The van der Waals surface area contributed by atoms with E-state index in [-0.39, 0.29) is 5.91 Å². The fraction of sp³-hybridized carbons (Fsp3) is 0.500. The number of nitrogens with one attached hydrogen (secondary N) is 1. The Labute approximate surface area is 103 Å². The molecule has 3 nitrogen and oxygen atoms in total. The molecular weight excluding hydrogens is 212 g/mol. The largest absolute Gasteiger partial charge is 0.369 e. The van der Waals surface area contributed by atoms with Crippen LogP contribution in [-0.4, -0.2) is 25.5 Å². The standard InChI is InChI=1S/C14H20N2O/c1-11-5-3-6-12(2)14(11)16-9-4-7-13(17)15-8-10-16/h3,5-6H,4,7-10H2,1-2H3,(H,15,17). The van der Waals surface area contributed by atoms with Gasteiger partial charge in [-0.25, -0.2) is 0 Å². The lowest BCUT2D eigenvalue weighted by Crippen LogP contribution is -2.39. The molecule has 1 amide bonds. The summed E-state index contributed by atoms with van der Waals surface area (Å²) in [7, 11) is 0. The number of amides is 1. The van der Waals surface area contributed by atoms with Crippen LogP contribution in [0.3, 0.4) is 0 Å². The van der Waals surface area contributed by atoms with E-state index in [9.17, 15) is 4.79 Å². The van der Waals surface area contributed by atoms with Crippen LogP contribution >= 0.6 is 0 Å². The van der Waals surface area contributed by atoms with E-state index in [4.69, 9.17) is 0 Å². The summed E-state index contributed by atoms with van der Waals surface area (Å²) >= 11 is 0. The molecule has 3 heteroatoms. The molecular formula is C14H20N2O. The molecule has 1 aliphatic rings. The Bertz CT molecular complexity index is 382. The van der Waals surface area contributed by atoms with Crippen molar-refractivity contribution in [2.45, 2.75) is 26.7 Å². The van der Waals surface area contributed by atoms with E-state index in [1.165, 1.54) is 16.8 Å². The fourth-order valence-electron chi connectivity index (χ4n) is 2.49. The molecule has 0 aromatic heterocycles. The number of carbonyl (C=O) groups excluding carboxylic acids is 1. The van der Waals surface area contributed by atoms with Gasteiger partial charge in [0, 0.05) is 31.7 Å². The minimum Gasteiger partial charge on any atom is -0.369 e. The van der Waals surface area contributed by atoms with Crippen molar-refractivity contribution in [2.24, 2.45) is 0 Å². The molecule has 1 aliphatic heterocycles. The molecule has 1 aromatic rings. The van der Waals surface area contributed by atoms with Gasteiger partial charge >= 0.3 is 0 Å². The predicted molar refractivity (Wildman–Crippen MR) is 70.4 cm³/mol. The van der Waals surface area contributed by atoms with Gasteiger partial charge < -0.3 is 10.2 Å². The van der Waals surface area contributed by atoms with Gasteiger partial charge in [-0.15, -0.1) is 0 Å². The molecule has 1 aromatic carbocycles. The molecule has 0 spiro atoms. The molecule has 17 heavy (non-hydrogen) atoms. The first-order chi connectivity index (χ1) is 8.18. The summed E-state index contributed by atoms with van der Waals surface area (Å²) in [6.07, 6.45) is 1.57. The molecule has 1 fully saturated rings. The Hall–Kier alpha value is -1.51. The number of rotatable bonds is 1. The Morgan fingerprint density at radius 3 is 2.59 bits per heavy atom. The Balaban J connectivity index is 2.18. The number of carbonyl (C=O) groups is 1. The Kier molecular flexibility index (Phi) is 3.67. The predicted octanol–water partition coefficient (Wildman–Crippen LogP) is 2.02.